The monoisotopic (exact) mass is 376 g/mol. The highest BCUT2D eigenvalue weighted by Crippen LogP contribution is 2.69. The predicted molar refractivity (Wildman–Crippen MR) is 105 cm³/mol. The van der Waals surface area contributed by atoms with Gasteiger partial charge in [0.1, 0.15) is 11.5 Å². The third kappa shape index (κ3) is 3.19. The van der Waals surface area contributed by atoms with Crippen LogP contribution in [0.2, 0.25) is 0 Å². The van der Waals surface area contributed by atoms with Gasteiger partial charge in [-0.15, -0.1) is 0 Å². The molecule has 2 fully saturated rings. The van der Waals surface area contributed by atoms with Gasteiger partial charge in [0.25, 0.3) is 0 Å². The Hall–Kier alpha value is -2.11. The smallest absolute Gasteiger partial charge is 0.407 e. The van der Waals surface area contributed by atoms with Crippen molar-refractivity contribution in [3.63, 3.8) is 0 Å². The van der Waals surface area contributed by atoms with Crippen LogP contribution in [-0.2, 0) is 0 Å². The summed E-state index contributed by atoms with van der Waals surface area (Å²) in [4.78, 5) is 12.9. The third-order valence-electron chi connectivity index (χ3n) is 7.16. The molecule has 2 aliphatic rings. The van der Waals surface area contributed by atoms with E-state index in [4.69, 9.17) is 15.2 Å². The van der Waals surface area contributed by atoms with Crippen LogP contribution < -0.4 is 15.2 Å². The molecule has 27 heavy (non-hydrogen) atoms. The second-order valence-corrected chi connectivity index (χ2v) is 9.07. The van der Waals surface area contributed by atoms with Crippen LogP contribution in [0.3, 0.4) is 0 Å². The Labute approximate surface area is 161 Å². The van der Waals surface area contributed by atoms with E-state index in [0.717, 1.165) is 31.4 Å². The molecule has 1 aromatic carbocycles. The van der Waals surface area contributed by atoms with E-state index in [1.54, 1.807) is 18.1 Å². The highest BCUT2D eigenvalue weighted by Gasteiger charge is 2.64. The number of nitrogens with zero attached hydrogens (tertiary/aromatic N) is 1. The van der Waals surface area contributed by atoms with Crippen molar-refractivity contribution in [1.29, 1.82) is 0 Å². The van der Waals surface area contributed by atoms with E-state index < -0.39 is 6.09 Å². The van der Waals surface area contributed by atoms with Crippen LogP contribution in [0.1, 0.15) is 46.5 Å². The largest absolute Gasteiger partial charge is 0.494 e. The normalized spacial score (nSPS) is 24.4. The molecule has 1 amide bonds. The number of ether oxygens (including phenoxy) is 2. The molecule has 1 spiro atoms. The number of anilines is 1. The van der Waals surface area contributed by atoms with Crippen LogP contribution in [0.4, 0.5) is 10.5 Å². The molecule has 1 saturated heterocycles. The number of likely N-dealkylation sites (tertiary alicyclic amines) is 1. The minimum Gasteiger partial charge on any atom is -0.494 e. The Bertz CT molecular complexity index is 705. The number of carboxylic acid groups (broad SMARTS) is 1. The summed E-state index contributed by atoms with van der Waals surface area (Å²) < 4.78 is 11.6. The molecule has 1 aromatic rings. The number of hydrogen-bond acceptors (Lipinski definition) is 4. The van der Waals surface area contributed by atoms with Crippen molar-refractivity contribution in [1.82, 2.24) is 4.90 Å². The molecule has 3 rings (SSSR count). The molecule has 1 heterocycles. The zero-order valence-corrected chi connectivity index (χ0v) is 16.9. The van der Waals surface area contributed by atoms with Crippen LogP contribution >= 0.6 is 0 Å². The Kier molecular flexibility index (Phi) is 4.95. The highest BCUT2D eigenvalue weighted by atomic mass is 16.5. The van der Waals surface area contributed by atoms with Gasteiger partial charge in [-0.2, -0.15) is 0 Å². The first kappa shape index (κ1) is 19.6. The van der Waals surface area contributed by atoms with Crippen LogP contribution in [0.15, 0.2) is 18.2 Å². The fraction of sp³-hybridized carbons (Fsp3) is 0.667. The Morgan fingerprint density at radius 3 is 2.37 bits per heavy atom. The van der Waals surface area contributed by atoms with Gasteiger partial charge < -0.3 is 25.2 Å². The summed E-state index contributed by atoms with van der Waals surface area (Å²) >= 11 is 0. The quantitative estimate of drug-likeness (QED) is 0.768. The molecule has 1 saturated carbocycles. The molecule has 1 aliphatic heterocycles. The third-order valence-corrected chi connectivity index (χ3v) is 7.16. The zero-order valence-electron chi connectivity index (χ0n) is 16.9. The van der Waals surface area contributed by atoms with E-state index >= 15 is 0 Å². The lowest BCUT2D eigenvalue weighted by Crippen LogP contribution is -2.64. The topological polar surface area (TPSA) is 85.0 Å². The van der Waals surface area contributed by atoms with Crippen molar-refractivity contribution < 1.29 is 19.4 Å². The fourth-order valence-electron chi connectivity index (χ4n) is 5.23. The van der Waals surface area contributed by atoms with E-state index in [9.17, 15) is 9.90 Å². The van der Waals surface area contributed by atoms with E-state index in [1.165, 1.54) is 0 Å². The average molecular weight is 376 g/mol. The lowest BCUT2D eigenvalue weighted by molar-refractivity contribution is -0.197. The fourth-order valence-corrected chi connectivity index (χ4v) is 5.23. The van der Waals surface area contributed by atoms with Crippen molar-refractivity contribution in [3.8, 4) is 11.5 Å². The Morgan fingerprint density at radius 1 is 1.22 bits per heavy atom. The summed E-state index contributed by atoms with van der Waals surface area (Å²) in [5.74, 6) is 1.38. The lowest BCUT2D eigenvalue weighted by atomic mass is 9.39. The first-order valence-electron chi connectivity index (χ1n) is 9.68. The second kappa shape index (κ2) is 6.80. The van der Waals surface area contributed by atoms with Gasteiger partial charge in [0.15, 0.2) is 0 Å². The molecule has 1 unspecified atom stereocenters. The minimum atomic E-state index is -0.809. The molecule has 0 aromatic heterocycles. The van der Waals surface area contributed by atoms with Gasteiger partial charge in [-0.3, -0.25) is 0 Å². The van der Waals surface area contributed by atoms with Gasteiger partial charge in [-0.25, -0.2) is 4.79 Å². The minimum absolute atomic E-state index is 0.0270. The van der Waals surface area contributed by atoms with Gasteiger partial charge >= 0.3 is 6.09 Å². The van der Waals surface area contributed by atoms with Crippen LogP contribution in [0.25, 0.3) is 0 Å². The van der Waals surface area contributed by atoms with E-state index in [1.807, 2.05) is 12.1 Å². The van der Waals surface area contributed by atoms with Crippen molar-refractivity contribution in [2.75, 3.05) is 32.5 Å². The van der Waals surface area contributed by atoms with Crippen molar-refractivity contribution >= 4 is 11.8 Å². The number of piperidine rings is 1. The Morgan fingerprint density at radius 2 is 1.89 bits per heavy atom. The van der Waals surface area contributed by atoms with Crippen LogP contribution in [0.5, 0.6) is 11.5 Å². The lowest BCUT2D eigenvalue weighted by Gasteiger charge is -2.67. The number of benzene rings is 1. The average Bonchev–Trinajstić information content (AvgIpc) is 2.61. The molecular weight excluding hydrogens is 344 g/mol. The van der Waals surface area contributed by atoms with Crippen molar-refractivity contribution in [2.24, 2.45) is 16.2 Å². The molecule has 3 N–H and O–H groups in total. The number of nitrogens with two attached hydrogens (primary N) is 1. The summed E-state index contributed by atoms with van der Waals surface area (Å²) in [5, 5.41) is 9.29. The van der Waals surface area contributed by atoms with Gasteiger partial charge in [0.05, 0.1) is 19.4 Å². The molecule has 1 atom stereocenters. The van der Waals surface area contributed by atoms with Gasteiger partial charge in [0, 0.05) is 24.6 Å². The first-order valence-corrected chi connectivity index (χ1v) is 9.68. The van der Waals surface area contributed by atoms with Gasteiger partial charge in [-0.1, -0.05) is 20.8 Å². The molecular formula is C21H32N2O4. The second-order valence-electron chi connectivity index (χ2n) is 9.07. The maximum absolute atomic E-state index is 11.3. The molecule has 150 valence electrons. The zero-order chi connectivity index (χ0) is 19.9. The standard InChI is InChI=1S/C21H32N2O4/c1-19(2,3)21(14-27-15-5-6-16(22)17(13-15)26-4)8-7-20(21)9-11-23(12-10-20)18(24)25/h5-6,13H,7-12,14,22H2,1-4H3,(H,24,25). The Balaban J connectivity index is 1.80. The van der Waals surface area contributed by atoms with Gasteiger partial charge in [0.2, 0.25) is 0 Å². The maximum atomic E-state index is 11.3. The predicted octanol–water partition coefficient (Wildman–Crippen LogP) is 4.24. The summed E-state index contributed by atoms with van der Waals surface area (Å²) in [6.07, 6.45) is 3.26. The van der Waals surface area contributed by atoms with Crippen molar-refractivity contribution in [2.45, 2.75) is 46.5 Å². The molecule has 0 bridgehead atoms. The molecule has 6 heteroatoms. The highest BCUT2D eigenvalue weighted by molar-refractivity contribution is 5.65. The van der Waals surface area contributed by atoms with Crippen LogP contribution in [0, 0.1) is 16.2 Å². The molecule has 1 aliphatic carbocycles. The number of hydrogen-bond donors (Lipinski definition) is 2. The molecule has 6 nitrogen and oxygen atoms in total. The van der Waals surface area contributed by atoms with Crippen molar-refractivity contribution in [3.05, 3.63) is 18.2 Å². The summed E-state index contributed by atoms with van der Waals surface area (Å²) in [7, 11) is 1.60. The SMILES string of the molecule is COc1cc(OCC2(C(C)(C)C)CCC23CCN(C(=O)O)CC3)ccc1N. The number of nitrogen functional groups attached to an aromatic ring is 1. The first-order chi connectivity index (χ1) is 12.6. The maximum Gasteiger partial charge on any atom is 0.407 e. The summed E-state index contributed by atoms with van der Waals surface area (Å²) in [6, 6.07) is 5.52. The number of amides is 1. The van der Waals surface area contributed by atoms with E-state index in [0.29, 0.717) is 31.1 Å². The number of carbonyl (C=O) groups is 1. The van der Waals surface area contributed by atoms with Crippen LogP contribution in [-0.4, -0.2) is 42.9 Å². The van der Waals surface area contributed by atoms with E-state index in [-0.39, 0.29) is 16.2 Å². The van der Waals surface area contributed by atoms with Gasteiger partial charge in [-0.05, 0) is 48.6 Å². The number of methoxy groups -OCH3 is 1. The summed E-state index contributed by atoms with van der Waals surface area (Å²) in [5.41, 5.74) is 6.74. The number of rotatable bonds is 4. The summed E-state index contributed by atoms with van der Waals surface area (Å²) in [6.45, 7) is 8.70. The molecule has 0 radical (unpaired) electrons. The van der Waals surface area contributed by atoms with E-state index in [2.05, 4.69) is 20.8 Å².